The van der Waals surface area contributed by atoms with Crippen molar-refractivity contribution in [2.24, 2.45) is 5.92 Å². The number of likely N-dealkylation sites (N-methyl/N-ethyl adjacent to an activating group) is 1. The van der Waals surface area contributed by atoms with Crippen LogP contribution >= 0.6 is 11.6 Å². The molecule has 5 nitrogen and oxygen atoms in total. The number of carboxylic acids is 1. The average Bonchev–Trinajstić information content (AvgIpc) is 2.26. The predicted molar refractivity (Wildman–Crippen MR) is 77.0 cm³/mol. The molecule has 106 valence electrons. The SMILES string of the molecule is CC(C)C(CN(C)C)Nc1nc(Cl)ccc1C(=O)O. The highest BCUT2D eigenvalue weighted by molar-refractivity contribution is 6.29. The Bertz CT molecular complexity index is 450. The molecule has 1 unspecified atom stereocenters. The first-order chi connectivity index (χ1) is 8.81. The highest BCUT2D eigenvalue weighted by Crippen LogP contribution is 2.19. The van der Waals surface area contributed by atoms with Crippen molar-refractivity contribution in [1.29, 1.82) is 0 Å². The van der Waals surface area contributed by atoms with E-state index in [0.29, 0.717) is 11.7 Å². The third-order valence-corrected chi connectivity index (χ3v) is 2.99. The second-order valence-corrected chi connectivity index (χ2v) is 5.48. The normalized spacial score (nSPS) is 12.8. The Labute approximate surface area is 118 Å². The highest BCUT2D eigenvalue weighted by atomic mass is 35.5. The Morgan fingerprint density at radius 2 is 2.11 bits per heavy atom. The van der Waals surface area contributed by atoms with Crippen molar-refractivity contribution in [3.05, 3.63) is 22.8 Å². The summed E-state index contributed by atoms with van der Waals surface area (Å²) in [7, 11) is 3.95. The molecule has 0 radical (unpaired) electrons. The number of carboxylic acid groups (broad SMARTS) is 1. The lowest BCUT2D eigenvalue weighted by Crippen LogP contribution is -2.37. The van der Waals surface area contributed by atoms with E-state index in [-0.39, 0.29) is 16.8 Å². The monoisotopic (exact) mass is 285 g/mol. The van der Waals surface area contributed by atoms with Crippen molar-refractivity contribution in [2.75, 3.05) is 26.0 Å². The summed E-state index contributed by atoms with van der Waals surface area (Å²) in [5, 5.41) is 12.6. The topological polar surface area (TPSA) is 65.5 Å². The number of aromatic nitrogens is 1. The van der Waals surface area contributed by atoms with Crippen LogP contribution in [0.15, 0.2) is 12.1 Å². The summed E-state index contributed by atoms with van der Waals surface area (Å²) >= 11 is 5.84. The van der Waals surface area contributed by atoms with Gasteiger partial charge in [-0.25, -0.2) is 9.78 Å². The van der Waals surface area contributed by atoms with Gasteiger partial charge in [-0.05, 0) is 32.1 Å². The molecule has 0 saturated carbocycles. The first-order valence-corrected chi connectivity index (χ1v) is 6.50. The standard InChI is InChI=1S/C13H20ClN3O2/c1-8(2)10(7-17(3)4)15-12-9(13(18)19)5-6-11(14)16-12/h5-6,8,10H,7H2,1-4H3,(H,15,16)(H,18,19). The van der Waals surface area contributed by atoms with Gasteiger partial charge in [0.05, 0.1) is 0 Å². The second-order valence-electron chi connectivity index (χ2n) is 5.09. The molecule has 1 rings (SSSR count). The van der Waals surface area contributed by atoms with E-state index in [1.807, 2.05) is 19.0 Å². The van der Waals surface area contributed by atoms with E-state index in [1.165, 1.54) is 12.1 Å². The fraction of sp³-hybridized carbons (Fsp3) is 0.538. The van der Waals surface area contributed by atoms with Crippen LogP contribution in [0.3, 0.4) is 0 Å². The number of halogens is 1. The van der Waals surface area contributed by atoms with Crippen LogP contribution in [0.5, 0.6) is 0 Å². The van der Waals surface area contributed by atoms with Gasteiger partial charge < -0.3 is 15.3 Å². The summed E-state index contributed by atoms with van der Waals surface area (Å²) in [6, 6.07) is 3.04. The van der Waals surface area contributed by atoms with E-state index >= 15 is 0 Å². The number of carbonyl (C=O) groups is 1. The van der Waals surface area contributed by atoms with Crippen LogP contribution in [0.2, 0.25) is 5.15 Å². The zero-order chi connectivity index (χ0) is 14.6. The Morgan fingerprint density at radius 1 is 1.47 bits per heavy atom. The molecule has 0 saturated heterocycles. The molecular weight excluding hydrogens is 266 g/mol. The first-order valence-electron chi connectivity index (χ1n) is 6.12. The quantitative estimate of drug-likeness (QED) is 0.786. The summed E-state index contributed by atoms with van der Waals surface area (Å²) in [4.78, 5) is 17.3. The molecule has 0 aliphatic rings. The van der Waals surface area contributed by atoms with Gasteiger partial charge in [-0.3, -0.25) is 0 Å². The van der Waals surface area contributed by atoms with Gasteiger partial charge in [0.15, 0.2) is 0 Å². The van der Waals surface area contributed by atoms with Crippen LogP contribution in [0.25, 0.3) is 0 Å². The van der Waals surface area contributed by atoms with Gasteiger partial charge in [-0.2, -0.15) is 0 Å². The fourth-order valence-corrected chi connectivity index (χ4v) is 1.86. The Morgan fingerprint density at radius 3 is 2.58 bits per heavy atom. The largest absolute Gasteiger partial charge is 0.478 e. The van der Waals surface area contributed by atoms with E-state index in [1.54, 1.807) is 0 Å². The average molecular weight is 286 g/mol. The summed E-state index contributed by atoms with van der Waals surface area (Å²) in [5.41, 5.74) is 0.133. The molecule has 1 heterocycles. The highest BCUT2D eigenvalue weighted by Gasteiger charge is 2.19. The molecule has 0 bridgehead atoms. The summed E-state index contributed by atoms with van der Waals surface area (Å²) < 4.78 is 0. The van der Waals surface area contributed by atoms with E-state index in [9.17, 15) is 4.79 Å². The maximum Gasteiger partial charge on any atom is 0.339 e. The van der Waals surface area contributed by atoms with Crippen molar-refractivity contribution >= 4 is 23.4 Å². The molecule has 0 amide bonds. The van der Waals surface area contributed by atoms with Gasteiger partial charge >= 0.3 is 5.97 Å². The van der Waals surface area contributed by atoms with Crippen molar-refractivity contribution in [1.82, 2.24) is 9.88 Å². The van der Waals surface area contributed by atoms with Crippen LogP contribution in [0.1, 0.15) is 24.2 Å². The third kappa shape index (κ3) is 4.69. The number of nitrogens with one attached hydrogen (secondary N) is 1. The third-order valence-electron chi connectivity index (χ3n) is 2.78. The van der Waals surface area contributed by atoms with E-state index in [0.717, 1.165) is 6.54 Å². The molecular formula is C13H20ClN3O2. The van der Waals surface area contributed by atoms with Gasteiger partial charge in [0.25, 0.3) is 0 Å². The molecule has 1 aromatic heterocycles. The van der Waals surface area contributed by atoms with Crippen molar-refractivity contribution in [2.45, 2.75) is 19.9 Å². The second kappa shape index (κ2) is 6.73. The molecule has 6 heteroatoms. The number of nitrogens with zero attached hydrogens (tertiary/aromatic N) is 2. The number of anilines is 1. The van der Waals surface area contributed by atoms with Crippen LogP contribution in [0.4, 0.5) is 5.82 Å². The molecule has 0 spiro atoms. The number of rotatable bonds is 6. The number of aromatic carboxylic acids is 1. The minimum Gasteiger partial charge on any atom is -0.478 e. The fourth-order valence-electron chi connectivity index (χ4n) is 1.71. The minimum absolute atomic E-state index is 0.0964. The van der Waals surface area contributed by atoms with E-state index < -0.39 is 5.97 Å². The summed E-state index contributed by atoms with van der Waals surface area (Å²) in [6.07, 6.45) is 0. The lowest BCUT2D eigenvalue weighted by molar-refractivity contribution is 0.0697. The molecule has 19 heavy (non-hydrogen) atoms. The maximum absolute atomic E-state index is 11.2. The minimum atomic E-state index is -1.01. The van der Waals surface area contributed by atoms with E-state index in [4.69, 9.17) is 16.7 Å². The van der Waals surface area contributed by atoms with Gasteiger partial charge in [0.1, 0.15) is 16.5 Å². The van der Waals surface area contributed by atoms with Gasteiger partial charge in [0.2, 0.25) is 0 Å². The number of hydrogen-bond donors (Lipinski definition) is 2. The van der Waals surface area contributed by atoms with E-state index in [2.05, 4.69) is 24.1 Å². The number of hydrogen-bond acceptors (Lipinski definition) is 4. The zero-order valence-electron chi connectivity index (χ0n) is 11.6. The first kappa shape index (κ1) is 15.7. The summed E-state index contributed by atoms with van der Waals surface area (Å²) in [5.74, 6) is -0.357. The Kier molecular flexibility index (Phi) is 5.57. The molecule has 0 aromatic carbocycles. The lowest BCUT2D eigenvalue weighted by atomic mass is 10.0. The van der Waals surface area contributed by atoms with Gasteiger partial charge in [0, 0.05) is 12.6 Å². The molecule has 2 N–H and O–H groups in total. The Balaban J connectivity index is 3.01. The van der Waals surface area contributed by atoms with Crippen LogP contribution in [0, 0.1) is 5.92 Å². The molecule has 1 atom stereocenters. The smallest absolute Gasteiger partial charge is 0.339 e. The molecule has 0 fully saturated rings. The Hall–Kier alpha value is -1.33. The maximum atomic E-state index is 11.2. The van der Waals surface area contributed by atoms with Crippen LogP contribution in [-0.2, 0) is 0 Å². The zero-order valence-corrected chi connectivity index (χ0v) is 12.4. The van der Waals surface area contributed by atoms with Crippen molar-refractivity contribution in [3.8, 4) is 0 Å². The van der Waals surface area contributed by atoms with Crippen LogP contribution < -0.4 is 5.32 Å². The summed E-state index contributed by atoms with van der Waals surface area (Å²) in [6.45, 7) is 4.93. The van der Waals surface area contributed by atoms with Crippen molar-refractivity contribution in [3.63, 3.8) is 0 Å². The molecule has 1 aromatic rings. The number of pyridine rings is 1. The predicted octanol–water partition coefficient (Wildman–Crippen LogP) is 2.43. The van der Waals surface area contributed by atoms with Gasteiger partial charge in [-0.1, -0.05) is 25.4 Å². The lowest BCUT2D eigenvalue weighted by Gasteiger charge is -2.26. The van der Waals surface area contributed by atoms with Gasteiger partial charge in [-0.15, -0.1) is 0 Å². The van der Waals surface area contributed by atoms with Crippen molar-refractivity contribution < 1.29 is 9.90 Å². The molecule has 0 aliphatic carbocycles. The van der Waals surface area contributed by atoms with Crippen LogP contribution in [-0.4, -0.2) is 47.6 Å². The molecule has 0 aliphatic heterocycles.